The number of hydrogen-bond acceptors (Lipinski definition) is 7. The van der Waals surface area contributed by atoms with Gasteiger partial charge >= 0.3 is 0 Å². The monoisotopic (exact) mass is 617 g/mol. The van der Waals surface area contributed by atoms with Crippen LogP contribution in [0.2, 0.25) is 0 Å². The number of imidazole rings is 1. The largest absolute Gasteiger partial charge is 0.436 e. The lowest BCUT2D eigenvalue weighted by Crippen LogP contribution is -2.48. The van der Waals surface area contributed by atoms with E-state index in [2.05, 4.69) is 25.9 Å². The fourth-order valence-corrected chi connectivity index (χ4v) is 6.37. The van der Waals surface area contributed by atoms with Crippen LogP contribution < -0.4 is 16.0 Å². The van der Waals surface area contributed by atoms with Gasteiger partial charge in [-0.15, -0.1) is 0 Å². The Bertz CT molecular complexity index is 1890. The number of rotatable bonds is 8. The van der Waals surface area contributed by atoms with E-state index in [1.807, 2.05) is 48.5 Å². The molecule has 0 unspecified atom stereocenters. The number of aromatic nitrogens is 3. The number of aromatic amines is 1. The molecule has 11 nitrogen and oxygen atoms in total. The van der Waals surface area contributed by atoms with E-state index in [0.29, 0.717) is 47.9 Å². The third kappa shape index (κ3) is 6.01. The summed E-state index contributed by atoms with van der Waals surface area (Å²) in [4.78, 5) is 53.4. The van der Waals surface area contributed by atoms with Crippen LogP contribution in [-0.4, -0.2) is 56.7 Å². The number of nitrogens with zero attached hydrogens (tertiary/aromatic N) is 3. The molecule has 11 heteroatoms. The first-order valence-corrected chi connectivity index (χ1v) is 15.7. The molecule has 234 valence electrons. The maximum atomic E-state index is 13.6. The Labute approximate surface area is 265 Å². The van der Waals surface area contributed by atoms with E-state index in [0.717, 1.165) is 41.8 Å². The Hall–Kier alpha value is -5.29. The van der Waals surface area contributed by atoms with Gasteiger partial charge in [0.15, 0.2) is 5.76 Å². The van der Waals surface area contributed by atoms with Gasteiger partial charge in [-0.3, -0.25) is 14.4 Å². The van der Waals surface area contributed by atoms with Crippen molar-refractivity contribution in [2.75, 3.05) is 18.4 Å². The van der Waals surface area contributed by atoms with Gasteiger partial charge in [0.25, 0.3) is 0 Å². The molecule has 3 amide bonds. The summed E-state index contributed by atoms with van der Waals surface area (Å²) < 4.78 is 6.16. The van der Waals surface area contributed by atoms with Crippen LogP contribution in [0.25, 0.3) is 33.8 Å². The van der Waals surface area contributed by atoms with Crippen molar-refractivity contribution in [3.8, 4) is 22.8 Å². The van der Waals surface area contributed by atoms with Gasteiger partial charge in [-0.2, -0.15) is 0 Å². The molecular formula is C35H35N7O4. The lowest BCUT2D eigenvalue weighted by molar-refractivity contribution is -0.140. The molecule has 0 saturated carbocycles. The Morgan fingerprint density at radius 2 is 1.85 bits per heavy atom. The van der Waals surface area contributed by atoms with Crippen LogP contribution in [0.1, 0.15) is 56.1 Å². The van der Waals surface area contributed by atoms with Crippen LogP contribution in [0.3, 0.4) is 0 Å². The lowest BCUT2D eigenvalue weighted by atomic mass is 10.0. The fourth-order valence-electron chi connectivity index (χ4n) is 6.37. The summed E-state index contributed by atoms with van der Waals surface area (Å²) in [7, 11) is 0. The van der Waals surface area contributed by atoms with Crippen molar-refractivity contribution in [1.29, 1.82) is 0 Å². The van der Waals surface area contributed by atoms with Crippen molar-refractivity contribution < 1.29 is 18.8 Å². The van der Waals surface area contributed by atoms with Crippen LogP contribution >= 0.6 is 0 Å². The Morgan fingerprint density at radius 1 is 0.978 bits per heavy atom. The summed E-state index contributed by atoms with van der Waals surface area (Å²) in [6, 6.07) is 21.1. The van der Waals surface area contributed by atoms with Crippen molar-refractivity contribution in [2.45, 2.75) is 50.7 Å². The minimum Gasteiger partial charge on any atom is -0.436 e. The number of benzene rings is 3. The van der Waals surface area contributed by atoms with Crippen LogP contribution in [0.4, 0.5) is 5.69 Å². The van der Waals surface area contributed by atoms with Gasteiger partial charge in [-0.05, 0) is 74.2 Å². The average Bonchev–Trinajstić information content (AvgIpc) is 3.90. The average molecular weight is 618 g/mol. The molecule has 3 aromatic carbocycles. The van der Waals surface area contributed by atoms with Gasteiger partial charge < -0.3 is 30.3 Å². The second kappa shape index (κ2) is 12.6. The Balaban J connectivity index is 1.05. The number of amides is 3. The smallest absolute Gasteiger partial charge is 0.250 e. The molecule has 2 aromatic heterocycles. The van der Waals surface area contributed by atoms with E-state index >= 15 is 0 Å². The molecule has 2 aliphatic rings. The number of anilines is 1. The SMILES string of the molecule is CC(=O)N[C@@H](C(=O)N1CCC[C@H]1C(=O)Nc1cccc(-c2ncc(-c3ccc4nc([C@@H]5CCCN5)[nH]c4c3)o2)c1)c1ccccc1. The molecule has 7 rings (SSSR count). The topological polar surface area (TPSA) is 145 Å². The molecule has 46 heavy (non-hydrogen) atoms. The highest BCUT2D eigenvalue weighted by molar-refractivity contribution is 5.99. The summed E-state index contributed by atoms with van der Waals surface area (Å²) in [5.41, 5.74) is 4.66. The Morgan fingerprint density at radius 3 is 2.65 bits per heavy atom. The van der Waals surface area contributed by atoms with Gasteiger partial charge in [0, 0.05) is 30.3 Å². The highest BCUT2D eigenvalue weighted by atomic mass is 16.4. The predicted molar refractivity (Wildman–Crippen MR) is 173 cm³/mol. The molecule has 0 bridgehead atoms. The first-order chi connectivity index (χ1) is 22.4. The van der Waals surface area contributed by atoms with Gasteiger partial charge in [0.2, 0.25) is 23.6 Å². The quantitative estimate of drug-likeness (QED) is 0.189. The molecule has 2 aliphatic heterocycles. The third-order valence-corrected chi connectivity index (χ3v) is 8.62. The maximum Gasteiger partial charge on any atom is 0.250 e. The molecule has 4 N–H and O–H groups in total. The summed E-state index contributed by atoms with van der Waals surface area (Å²) in [5.74, 6) is 1.09. The summed E-state index contributed by atoms with van der Waals surface area (Å²) in [6.45, 7) is 2.82. The number of carbonyl (C=O) groups is 3. The number of likely N-dealkylation sites (tertiary alicyclic amines) is 1. The van der Waals surface area contributed by atoms with E-state index in [1.54, 1.807) is 35.4 Å². The standard InChI is InChI=1S/C35H35N7O4/c1-21(43)38-31(22-8-3-2-4-9-22)35(45)42-17-7-13-29(42)33(44)39-25-11-5-10-24(18-25)34-37-20-30(46-34)23-14-15-26-28(19-23)41-32(40-26)27-12-6-16-36-27/h2-5,8-11,14-15,18-20,27,29,31,36H,6-7,12-13,16-17H2,1H3,(H,38,43)(H,39,44)(H,40,41)/t27-,29-,31+/m0/s1. The van der Waals surface area contributed by atoms with Gasteiger partial charge in [0.05, 0.1) is 23.3 Å². The molecule has 0 radical (unpaired) electrons. The van der Waals surface area contributed by atoms with Crippen LogP contribution in [0.5, 0.6) is 0 Å². The van der Waals surface area contributed by atoms with Crippen molar-refractivity contribution >= 4 is 34.4 Å². The van der Waals surface area contributed by atoms with Crippen LogP contribution in [0, 0.1) is 0 Å². The summed E-state index contributed by atoms with van der Waals surface area (Å²) >= 11 is 0. The molecule has 4 heterocycles. The first-order valence-electron chi connectivity index (χ1n) is 15.7. The molecule has 5 aromatic rings. The maximum absolute atomic E-state index is 13.6. The van der Waals surface area contributed by atoms with Crippen LogP contribution in [-0.2, 0) is 14.4 Å². The van der Waals surface area contributed by atoms with Crippen molar-refractivity contribution in [3.63, 3.8) is 0 Å². The third-order valence-electron chi connectivity index (χ3n) is 8.62. The minimum absolute atomic E-state index is 0.257. The molecule has 2 fully saturated rings. The predicted octanol–water partition coefficient (Wildman–Crippen LogP) is 5.12. The van der Waals surface area contributed by atoms with Gasteiger partial charge in [-0.1, -0.05) is 36.4 Å². The zero-order valence-electron chi connectivity index (χ0n) is 25.5. The highest BCUT2D eigenvalue weighted by Crippen LogP contribution is 2.31. The molecule has 0 spiro atoms. The second-order valence-corrected chi connectivity index (χ2v) is 11.8. The highest BCUT2D eigenvalue weighted by Gasteiger charge is 2.38. The molecule has 3 atom stereocenters. The normalized spacial score (nSPS) is 18.5. The Kier molecular flexibility index (Phi) is 8.06. The summed E-state index contributed by atoms with van der Waals surface area (Å²) in [5, 5.41) is 9.21. The molecular weight excluding hydrogens is 582 g/mol. The van der Waals surface area contributed by atoms with Crippen molar-refractivity contribution in [1.82, 2.24) is 30.5 Å². The van der Waals surface area contributed by atoms with Gasteiger partial charge in [0.1, 0.15) is 17.9 Å². The number of nitrogens with one attached hydrogen (secondary N) is 4. The second-order valence-electron chi connectivity index (χ2n) is 11.8. The number of oxazole rings is 1. The van der Waals surface area contributed by atoms with Crippen molar-refractivity contribution in [2.24, 2.45) is 0 Å². The summed E-state index contributed by atoms with van der Waals surface area (Å²) in [6.07, 6.45) is 5.13. The number of carbonyl (C=O) groups excluding carboxylic acids is 3. The number of hydrogen-bond donors (Lipinski definition) is 4. The zero-order valence-corrected chi connectivity index (χ0v) is 25.5. The molecule has 0 aliphatic carbocycles. The minimum atomic E-state index is -0.866. The van der Waals surface area contributed by atoms with E-state index in [9.17, 15) is 14.4 Å². The van der Waals surface area contributed by atoms with E-state index < -0.39 is 12.1 Å². The lowest BCUT2D eigenvalue weighted by Gasteiger charge is -2.28. The van der Waals surface area contributed by atoms with Gasteiger partial charge in [-0.25, -0.2) is 9.97 Å². The number of H-pyrrole nitrogens is 1. The zero-order chi connectivity index (χ0) is 31.6. The number of fused-ring (bicyclic) bond motifs is 1. The van der Waals surface area contributed by atoms with Crippen LogP contribution in [0.15, 0.2) is 83.4 Å². The fraction of sp³-hybridized carbons (Fsp3) is 0.286. The van der Waals surface area contributed by atoms with E-state index in [1.165, 1.54) is 6.92 Å². The van der Waals surface area contributed by atoms with E-state index in [4.69, 9.17) is 9.40 Å². The first kappa shape index (κ1) is 29.4. The molecule has 2 saturated heterocycles. The van der Waals surface area contributed by atoms with Crippen molar-refractivity contribution in [3.05, 3.63) is 90.4 Å². The van der Waals surface area contributed by atoms with E-state index in [-0.39, 0.29) is 23.8 Å².